The lowest BCUT2D eigenvalue weighted by Gasteiger charge is -2.11. The van der Waals surface area contributed by atoms with Crippen molar-refractivity contribution in [2.75, 3.05) is 0 Å². The molecule has 42 heavy (non-hydrogen) atoms. The smallest absolute Gasteiger partial charge is 0.138 e. The van der Waals surface area contributed by atoms with Gasteiger partial charge in [0.15, 0.2) is 0 Å². The number of para-hydroxylation sites is 3. The van der Waals surface area contributed by atoms with Gasteiger partial charge >= 0.3 is 0 Å². The molecule has 0 bridgehead atoms. The predicted molar refractivity (Wildman–Crippen MR) is 173 cm³/mol. The maximum Gasteiger partial charge on any atom is 0.138 e. The van der Waals surface area contributed by atoms with E-state index >= 15 is 0 Å². The lowest BCUT2D eigenvalue weighted by Crippen LogP contribution is -1.99. The van der Waals surface area contributed by atoms with Crippen LogP contribution in [-0.2, 0) is 0 Å². The van der Waals surface area contributed by atoms with Gasteiger partial charge in [-0.05, 0) is 60.2 Å². The third-order valence-electron chi connectivity index (χ3n) is 8.90. The summed E-state index contributed by atoms with van der Waals surface area (Å²) in [5, 5.41) is 6.14. The standard InChI is InChI=1S/C38H22N4/c1-4-15-32-24(9-1)25-10-2-5-16-33(25)41(32)23-18-19-35-29(21-23)26-11-3-6-17-34(26)42(35)36-22-30-27-13-8-20-39-38(27)28-12-7-14-31(40-36)37(28)30/h1-22H. The zero-order valence-electron chi connectivity index (χ0n) is 22.5. The summed E-state index contributed by atoms with van der Waals surface area (Å²) >= 11 is 0. The van der Waals surface area contributed by atoms with Crippen LogP contribution in [0.5, 0.6) is 0 Å². The first-order chi connectivity index (χ1) is 20.8. The van der Waals surface area contributed by atoms with Crippen molar-refractivity contribution in [1.82, 2.24) is 19.1 Å². The van der Waals surface area contributed by atoms with Gasteiger partial charge in [-0.3, -0.25) is 9.55 Å². The largest absolute Gasteiger partial charge is 0.309 e. The highest BCUT2D eigenvalue weighted by molar-refractivity contribution is 6.15. The van der Waals surface area contributed by atoms with E-state index in [9.17, 15) is 0 Å². The van der Waals surface area contributed by atoms with E-state index in [-0.39, 0.29) is 0 Å². The van der Waals surface area contributed by atoms with Gasteiger partial charge in [0.05, 0.1) is 33.3 Å². The minimum Gasteiger partial charge on any atom is -0.309 e. The van der Waals surface area contributed by atoms with Crippen LogP contribution in [0.4, 0.5) is 0 Å². The first-order valence-electron chi connectivity index (χ1n) is 14.3. The average molecular weight is 535 g/mol. The van der Waals surface area contributed by atoms with Crippen molar-refractivity contribution in [1.29, 1.82) is 0 Å². The number of fused-ring (bicyclic) bond motifs is 9. The molecule has 4 heterocycles. The summed E-state index contributed by atoms with van der Waals surface area (Å²) in [6.45, 7) is 0. The summed E-state index contributed by atoms with van der Waals surface area (Å²) in [7, 11) is 0. The van der Waals surface area contributed by atoms with Gasteiger partial charge in [-0.2, -0.15) is 0 Å². The van der Waals surface area contributed by atoms with Crippen LogP contribution in [0.1, 0.15) is 0 Å². The van der Waals surface area contributed by atoms with E-state index in [1.165, 1.54) is 49.1 Å². The van der Waals surface area contributed by atoms with Crippen LogP contribution >= 0.6 is 0 Å². The van der Waals surface area contributed by atoms with Crippen molar-refractivity contribution in [3.05, 3.63) is 134 Å². The Bertz CT molecular complexity index is 2530. The number of aromatic nitrogens is 4. The molecule has 9 aromatic rings. The van der Waals surface area contributed by atoms with Gasteiger partial charge < -0.3 is 4.57 Å². The summed E-state index contributed by atoms with van der Waals surface area (Å²) in [4.78, 5) is 9.98. The molecule has 0 spiro atoms. The average Bonchev–Trinajstić information content (AvgIpc) is 3.68. The SMILES string of the molecule is c1cnc2c(c1)-c1cc(-n3c4ccccc4c4cc(-n5c6ccccc6c6ccccc65)ccc43)nc3cccc-2c13. The van der Waals surface area contributed by atoms with Crippen LogP contribution in [0.3, 0.4) is 0 Å². The van der Waals surface area contributed by atoms with E-state index in [0.717, 1.165) is 39.3 Å². The van der Waals surface area contributed by atoms with Crippen LogP contribution in [0.2, 0.25) is 0 Å². The highest BCUT2D eigenvalue weighted by Crippen LogP contribution is 2.46. The summed E-state index contributed by atoms with van der Waals surface area (Å²) < 4.78 is 4.70. The van der Waals surface area contributed by atoms with E-state index in [1.54, 1.807) is 0 Å². The normalized spacial score (nSPS) is 12.3. The van der Waals surface area contributed by atoms with E-state index in [0.29, 0.717) is 0 Å². The van der Waals surface area contributed by atoms with Gasteiger partial charge in [0.2, 0.25) is 0 Å². The molecule has 4 aromatic heterocycles. The van der Waals surface area contributed by atoms with Crippen molar-refractivity contribution < 1.29 is 0 Å². The van der Waals surface area contributed by atoms with E-state index in [2.05, 4.69) is 130 Å². The minimum atomic E-state index is 0.919. The van der Waals surface area contributed by atoms with Crippen molar-refractivity contribution in [3.63, 3.8) is 0 Å². The lowest BCUT2D eigenvalue weighted by molar-refractivity contribution is 1.10. The second-order valence-electron chi connectivity index (χ2n) is 11.1. The van der Waals surface area contributed by atoms with Gasteiger partial charge in [0, 0.05) is 49.9 Å². The molecule has 10 rings (SSSR count). The topological polar surface area (TPSA) is 35.6 Å². The molecule has 1 aliphatic carbocycles. The fourth-order valence-electron chi connectivity index (χ4n) is 7.18. The highest BCUT2D eigenvalue weighted by Gasteiger charge is 2.25. The molecule has 0 amide bonds. The Hall–Kier alpha value is -5.74. The highest BCUT2D eigenvalue weighted by atomic mass is 15.1. The van der Waals surface area contributed by atoms with Gasteiger partial charge in [-0.1, -0.05) is 72.8 Å². The molecule has 0 fully saturated rings. The van der Waals surface area contributed by atoms with Crippen LogP contribution in [0.15, 0.2) is 134 Å². The Kier molecular flexibility index (Phi) is 4.15. The first kappa shape index (κ1) is 22.0. The number of benzene rings is 5. The summed E-state index contributed by atoms with van der Waals surface area (Å²) in [6.07, 6.45) is 1.87. The van der Waals surface area contributed by atoms with Crippen molar-refractivity contribution in [2.45, 2.75) is 0 Å². The third-order valence-corrected chi connectivity index (χ3v) is 8.90. The number of rotatable bonds is 2. The molecule has 1 aliphatic rings. The Morgan fingerprint density at radius 2 is 1.10 bits per heavy atom. The summed E-state index contributed by atoms with van der Waals surface area (Å²) in [5.41, 5.74) is 11.4. The second-order valence-corrected chi connectivity index (χ2v) is 11.1. The third kappa shape index (κ3) is 2.76. The first-order valence-corrected chi connectivity index (χ1v) is 14.3. The molecule has 0 aliphatic heterocycles. The molecule has 0 saturated carbocycles. The predicted octanol–water partition coefficient (Wildman–Crippen LogP) is 9.47. The van der Waals surface area contributed by atoms with E-state index in [4.69, 9.17) is 9.97 Å². The molecule has 0 saturated heterocycles. The molecule has 4 nitrogen and oxygen atoms in total. The zero-order valence-corrected chi connectivity index (χ0v) is 22.5. The maximum atomic E-state index is 5.25. The molecule has 4 heteroatoms. The van der Waals surface area contributed by atoms with Crippen LogP contribution in [0.25, 0.3) is 88.4 Å². The number of hydrogen-bond donors (Lipinski definition) is 0. The van der Waals surface area contributed by atoms with Crippen LogP contribution in [-0.4, -0.2) is 19.1 Å². The summed E-state index contributed by atoms with van der Waals surface area (Å²) in [5.74, 6) is 0.919. The quantitative estimate of drug-likeness (QED) is 0.221. The van der Waals surface area contributed by atoms with Gasteiger partial charge in [0.1, 0.15) is 5.82 Å². The fourth-order valence-corrected chi connectivity index (χ4v) is 7.18. The molecule has 0 unspecified atom stereocenters. The minimum absolute atomic E-state index is 0.919. The van der Waals surface area contributed by atoms with Crippen LogP contribution in [0, 0.1) is 0 Å². The van der Waals surface area contributed by atoms with Gasteiger partial charge in [0.25, 0.3) is 0 Å². The molecule has 0 atom stereocenters. The fraction of sp³-hybridized carbons (Fsp3) is 0. The summed E-state index contributed by atoms with van der Waals surface area (Å²) in [6, 6.07) is 45.6. The Morgan fingerprint density at radius 1 is 0.452 bits per heavy atom. The maximum absolute atomic E-state index is 5.25. The van der Waals surface area contributed by atoms with Crippen molar-refractivity contribution in [2.24, 2.45) is 0 Å². The molecule has 5 aromatic carbocycles. The Morgan fingerprint density at radius 3 is 1.86 bits per heavy atom. The molecule has 194 valence electrons. The number of hydrogen-bond acceptors (Lipinski definition) is 2. The lowest BCUT2D eigenvalue weighted by atomic mass is 10.1. The Labute approximate surface area is 240 Å². The van der Waals surface area contributed by atoms with Gasteiger partial charge in [-0.15, -0.1) is 0 Å². The molecular formula is C38H22N4. The van der Waals surface area contributed by atoms with Crippen molar-refractivity contribution in [3.8, 4) is 33.9 Å². The van der Waals surface area contributed by atoms with Crippen LogP contribution < -0.4 is 0 Å². The van der Waals surface area contributed by atoms with Gasteiger partial charge in [-0.25, -0.2) is 4.98 Å². The molecule has 0 radical (unpaired) electrons. The van der Waals surface area contributed by atoms with Crippen molar-refractivity contribution >= 4 is 54.5 Å². The number of pyridine rings is 2. The molecule has 0 N–H and O–H groups in total. The Balaban J connectivity index is 1.27. The second kappa shape index (κ2) is 7.93. The monoisotopic (exact) mass is 534 g/mol. The number of nitrogens with zero attached hydrogens (tertiary/aromatic N) is 4. The molecular weight excluding hydrogens is 512 g/mol. The zero-order chi connectivity index (χ0) is 27.4. The van der Waals surface area contributed by atoms with E-state index < -0.39 is 0 Å². The van der Waals surface area contributed by atoms with E-state index in [1.807, 2.05) is 12.3 Å².